The van der Waals surface area contributed by atoms with E-state index in [9.17, 15) is 4.79 Å². The van der Waals surface area contributed by atoms with Crippen LogP contribution < -0.4 is 9.47 Å². The van der Waals surface area contributed by atoms with E-state index < -0.39 is 0 Å². The number of carbonyl (C=O) groups is 1. The fraction of sp³-hybridized carbons (Fsp3) is 0.188. The Labute approximate surface area is 112 Å². The van der Waals surface area contributed by atoms with Crippen molar-refractivity contribution in [3.8, 4) is 22.6 Å². The van der Waals surface area contributed by atoms with Crippen LogP contribution in [0.2, 0.25) is 0 Å². The number of benzene rings is 2. The van der Waals surface area contributed by atoms with E-state index in [1.165, 1.54) is 0 Å². The first-order valence-electron chi connectivity index (χ1n) is 5.99. The van der Waals surface area contributed by atoms with Crippen LogP contribution in [0.3, 0.4) is 0 Å². The molecular weight excluding hydrogens is 240 g/mol. The van der Waals surface area contributed by atoms with Gasteiger partial charge in [-0.05, 0) is 30.7 Å². The highest BCUT2D eigenvalue weighted by Gasteiger charge is 2.13. The lowest BCUT2D eigenvalue weighted by Crippen LogP contribution is -1.95. The average Bonchev–Trinajstić information content (AvgIpc) is 2.46. The molecule has 0 atom stereocenters. The molecule has 0 aromatic heterocycles. The molecule has 0 saturated carbocycles. The first kappa shape index (κ1) is 13.1. The van der Waals surface area contributed by atoms with Gasteiger partial charge in [-0.2, -0.15) is 0 Å². The van der Waals surface area contributed by atoms with Crippen LogP contribution >= 0.6 is 0 Å². The smallest absolute Gasteiger partial charge is 0.159 e. The first-order valence-corrected chi connectivity index (χ1v) is 5.99. The summed E-state index contributed by atoms with van der Waals surface area (Å²) >= 11 is 0. The van der Waals surface area contributed by atoms with Gasteiger partial charge >= 0.3 is 0 Å². The molecule has 0 spiro atoms. The molecule has 0 heterocycles. The summed E-state index contributed by atoms with van der Waals surface area (Å²) in [5, 5.41) is 0. The van der Waals surface area contributed by atoms with Crippen LogP contribution in [0.15, 0.2) is 42.5 Å². The summed E-state index contributed by atoms with van der Waals surface area (Å²) < 4.78 is 10.8. The highest BCUT2D eigenvalue weighted by molar-refractivity contribution is 5.95. The Morgan fingerprint density at radius 2 is 1.53 bits per heavy atom. The predicted octanol–water partition coefficient (Wildman–Crippen LogP) is 3.57. The molecule has 0 radical (unpaired) electrons. The molecule has 3 nitrogen and oxygen atoms in total. The lowest BCUT2D eigenvalue weighted by atomic mass is 10.00. The Hall–Kier alpha value is -2.29. The second kappa shape index (κ2) is 5.57. The van der Waals surface area contributed by atoms with Gasteiger partial charge in [-0.3, -0.25) is 4.79 Å². The van der Waals surface area contributed by atoms with Gasteiger partial charge in [0, 0.05) is 5.56 Å². The van der Waals surface area contributed by atoms with Crippen LogP contribution in [-0.2, 0) is 0 Å². The van der Waals surface area contributed by atoms with Crippen molar-refractivity contribution in [2.75, 3.05) is 14.2 Å². The van der Waals surface area contributed by atoms with E-state index in [1.807, 2.05) is 36.4 Å². The van der Waals surface area contributed by atoms with Crippen molar-refractivity contribution in [2.24, 2.45) is 0 Å². The monoisotopic (exact) mass is 256 g/mol. The van der Waals surface area contributed by atoms with E-state index >= 15 is 0 Å². The summed E-state index contributed by atoms with van der Waals surface area (Å²) in [7, 11) is 3.24. The standard InChI is InChI=1S/C16H16O3/c1-11(17)12-6-4-7-13(10-12)16-14(18-2)8-5-9-15(16)19-3/h4-10H,1-3H3. The summed E-state index contributed by atoms with van der Waals surface area (Å²) in [4.78, 5) is 11.5. The SMILES string of the molecule is COc1cccc(OC)c1-c1cccc(C(C)=O)c1. The molecule has 0 aliphatic carbocycles. The van der Waals surface area contributed by atoms with Gasteiger partial charge in [0.05, 0.1) is 19.8 Å². The van der Waals surface area contributed by atoms with Crippen molar-refractivity contribution in [2.45, 2.75) is 6.92 Å². The Balaban J connectivity index is 2.63. The Bertz CT molecular complexity index is 580. The van der Waals surface area contributed by atoms with E-state index in [4.69, 9.17) is 9.47 Å². The van der Waals surface area contributed by atoms with Crippen LogP contribution in [0.5, 0.6) is 11.5 Å². The third-order valence-electron chi connectivity index (χ3n) is 2.99. The van der Waals surface area contributed by atoms with Crippen LogP contribution in [0.25, 0.3) is 11.1 Å². The van der Waals surface area contributed by atoms with Crippen molar-refractivity contribution in [3.63, 3.8) is 0 Å². The second-order valence-corrected chi connectivity index (χ2v) is 4.17. The predicted molar refractivity (Wildman–Crippen MR) is 75.0 cm³/mol. The summed E-state index contributed by atoms with van der Waals surface area (Å²) in [5.41, 5.74) is 2.43. The Kier molecular flexibility index (Phi) is 3.85. The van der Waals surface area contributed by atoms with Crippen LogP contribution in [0.1, 0.15) is 17.3 Å². The minimum absolute atomic E-state index is 0.0377. The highest BCUT2D eigenvalue weighted by Crippen LogP contribution is 2.38. The molecule has 0 aliphatic rings. The maximum absolute atomic E-state index is 11.5. The quantitative estimate of drug-likeness (QED) is 0.784. The lowest BCUT2D eigenvalue weighted by molar-refractivity contribution is 0.101. The second-order valence-electron chi connectivity index (χ2n) is 4.17. The van der Waals surface area contributed by atoms with E-state index in [0.29, 0.717) is 5.56 Å². The Morgan fingerprint density at radius 1 is 0.947 bits per heavy atom. The van der Waals surface area contributed by atoms with Gasteiger partial charge in [-0.25, -0.2) is 0 Å². The van der Waals surface area contributed by atoms with Crippen molar-refractivity contribution >= 4 is 5.78 Å². The number of rotatable bonds is 4. The molecule has 2 aromatic rings. The maximum Gasteiger partial charge on any atom is 0.159 e. The average molecular weight is 256 g/mol. The molecular formula is C16H16O3. The Morgan fingerprint density at radius 3 is 2.05 bits per heavy atom. The number of carbonyl (C=O) groups excluding carboxylic acids is 1. The van der Waals surface area contributed by atoms with Gasteiger partial charge in [-0.15, -0.1) is 0 Å². The summed E-state index contributed by atoms with van der Waals surface area (Å²) in [5.74, 6) is 1.48. The molecule has 0 saturated heterocycles. The minimum atomic E-state index is 0.0377. The van der Waals surface area contributed by atoms with E-state index in [2.05, 4.69) is 0 Å². The fourth-order valence-electron chi connectivity index (χ4n) is 2.03. The number of hydrogen-bond acceptors (Lipinski definition) is 3. The largest absolute Gasteiger partial charge is 0.496 e. The first-order chi connectivity index (χ1) is 9.17. The normalized spacial score (nSPS) is 10.1. The molecule has 0 amide bonds. The maximum atomic E-state index is 11.5. The van der Waals surface area contributed by atoms with Crippen molar-refractivity contribution in [1.29, 1.82) is 0 Å². The van der Waals surface area contributed by atoms with Crippen molar-refractivity contribution < 1.29 is 14.3 Å². The molecule has 0 fully saturated rings. The summed E-state index contributed by atoms with van der Waals surface area (Å²) in [6.45, 7) is 1.55. The summed E-state index contributed by atoms with van der Waals surface area (Å²) in [6.07, 6.45) is 0. The zero-order valence-electron chi connectivity index (χ0n) is 11.3. The third-order valence-corrected chi connectivity index (χ3v) is 2.99. The van der Waals surface area contributed by atoms with Crippen molar-refractivity contribution in [1.82, 2.24) is 0 Å². The number of hydrogen-bond donors (Lipinski definition) is 0. The zero-order chi connectivity index (χ0) is 13.8. The zero-order valence-corrected chi connectivity index (χ0v) is 11.3. The van der Waals surface area contributed by atoms with Crippen LogP contribution in [0, 0.1) is 0 Å². The molecule has 0 bridgehead atoms. The molecule has 19 heavy (non-hydrogen) atoms. The van der Waals surface area contributed by atoms with Gasteiger partial charge < -0.3 is 9.47 Å². The van der Waals surface area contributed by atoms with Gasteiger partial charge in [-0.1, -0.05) is 24.3 Å². The lowest BCUT2D eigenvalue weighted by Gasteiger charge is -2.13. The highest BCUT2D eigenvalue weighted by atomic mass is 16.5. The minimum Gasteiger partial charge on any atom is -0.496 e. The molecule has 2 aromatic carbocycles. The van der Waals surface area contributed by atoms with Crippen LogP contribution in [0.4, 0.5) is 0 Å². The molecule has 0 aliphatic heterocycles. The van der Waals surface area contributed by atoms with Gasteiger partial charge in [0.25, 0.3) is 0 Å². The molecule has 0 unspecified atom stereocenters. The topological polar surface area (TPSA) is 35.5 Å². The number of Topliss-reactive ketones (excluding diaryl/α,β-unsaturated/α-hetero) is 1. The number of ketones is 1. The fourth-order valence-corrected chi connectivity index (χ4v) is 2.03. The number of ether oxygens (including phenoxy) is 2. The van der Waals surface area contributed by atoms with E-state index in [0.717, 1.165) is 22.6 Å². The van der Waals surface area contributed by atoms with E-state index in [1.54, 1.807) is 27.2 Å². The van der Waals surface area contributed by atoms with Gasteiger partial charge in [0.15, 0.2) is 5.78 Å². The summed E-state index contributed by atoms with van der Waals surface area (Å²) in [6, 6.07) is 13.1. The molecule has 98 valence electrons. The molecule has 0 N–H and O–H groups in total. The van der Waals surface area contributed by atoms with Gasteiger partial charge in [0.1, 0.15) is 11.5 Å². The third kappa shape index (κ3) is 2.60. The van der Waals surface area contributed by atoms with E-state index in [-0.39, 0.29) is 5.78 Å². The van der Waals surface area contributed by atoms with Crippen molar-refractivity contribution in [3.05, 3.63) is 48.0 Å². The number of methoxy groups -OCH3 is 2. The van der Waals surface area contributed by atoms with Gasteiger partial charge in [0.2, 0.25) is 0 Å². The molecule has 2 rings (SSSR count). The van der Waals surface area contributed by atoms with Crippen LogP contribution in [-0.4, -0.2) is 20.0 Å². The molecule has 3 heteroatoms.